The molecule has 4 nitrogen and oxygen atoms in total. The van der Waals surface area contributed by atoms with Gasteiger partial charge in [-0.3, -0.25) is 4.79 Å². The lowest BCUT2D eigenvalue weighted by Crippen LogP contribution is -2.37. The van der Waals surface area contributed by atoms with Crippen LogP contribution in [0.25, 0.3) is 0 Å². The minimum Gasteiger partial charge on any atom is -0.469 e. The van der Waals surface area contributed by atoms with Crippen LogP contribution in [0, 0.1) is 5.92 Å². The summed E-state index contributed by atoms with van der Waals surface area (Å²) in [6.07, 6.45) is 0.831. The molecule has 0 unspecified atom stereocenters. The van der Waals surface area contributed by atoms with Crippen LogP contribution >= 0.6 is 11.8 Å². The normalized spacial score (nSPS) is 27.3. The average molecular weight is 220 g/mol. The molecule has 0 radical (unpaired) electrons. The smallest absolute Gasteiger partial charge is 0.312 e. The second-order valence-electron chi connectivity index (χ2n) is 3.10. The van der Waals surface area contributed by atoms with Crippen LogP contribution in [0.5, 0.6) is 0 Å². The lowest BCUT2D eigenvalue weighted by atomic mass is 10.0. The summed E-state index contributed by atoms with van der Waals surface area (Å²) in [6, 6.07) is 0. The predicted molar refractivity (Wildman–Crippen MR) is 54.2 cm³/mol. The molecule has 0 saturated carbocycles. The van der Waals surface area contributed by atoms with Crippen LogP contribution < -0.4 is 0 Å². The molecule has 2 atom stereocenters. The Hall–Kier alpha value is -0.260. The second-order valence-corrected chi connectivity index (χ2v) is 4.25. The predicted octanol–water partition coefficient (Wildman–Crippen LogP) is 0.902. The third-order valence-corrected chi connectivity index (χ3v) is 3.32. The van der Waals surface area contributed by atoms with Gasteiger partial charge in [-0.25, -0.2) is 0 Å². The molecule has 0 N–H and O–H groups in total. The molecule has 0 amide bonds. The monoisotopic (exact) mass is 220 g/mol. The van der Waals surface area contributed by atoms with Crippen molar-refractivity contribution >= 4 is 17.7 Å². The number of hydrogen-bond donors (Lipinski definition) is 0. The fourth-order valence-electron chi connectivity index (χ4n) is 1.44. The number of hydrogen-bond acceptors (Lipinski definition) is 5. The Morgan fingerprint density at radius 2 is 2.29 bits per heavy atom. The Morgan fingerprint density at radius 3 is 2.93 bits per heavy atom. The summed E-state index contributed by atoms with van der Waals surface area (Å²) in [5, 5.41) is 0. The fourth-order valence-corrected chi connectivity index (χ4v) is 2.61. The van der Waals surface area contributed by atoms with Crippen molar-refractivity contribution in [3.8, 4) is 0 Å². The average Bonchev–Trinajstić information content (AvgIpc) is 2.25. The van der Waals surface area contributed by atoms with Crippen LogP contribution in [-0.4, -0.2) is 44.6 Å². The van der Waals surface area contributed by atoms with Crippen LogP contribution in [0.15, 0.2) is 0 Å². The zero-order valence-electron chi connectivity index (χ0n) is 8.52. The number of carbonyl (C=O) groups is 1. The van der Waals surface area contributed by atoms with Gasteiger partial charge in [0.05, 0.1) is 19.1 Å². The number of esters is 1. The zero-order chi connectivity index (χ0) is 10.4. The number of rotatable bonds is 4. The van der Waals surface area contributed by atoms with E-state index in [4.69, 9.17) is 14.2 Å². The summed E-state index contributed by atoms with van der Waals surface area (Å²) in [5.74, 6) is 1.48. The first-order chi connectivity index (χ1) is 6.79. The third kappa shape index (κ3) is 3.15. The van der Waals surface area contributed by atoms with Gasteiger partial charge >= 0.3 is 5.97 Å². The maximum absolute atomic E-state index is 11.4. The van der Waals surface area contributed by atoms with Crippen molar-refractivity contribution in [2.24, 2.45) is 5.92 Å². The quantitative estimate of drug-likeness (QED) is 0.520. The Morgan fingerprint density at radius 1 is 1.50 bits per heavy atom. The molecular formula is C9H16O4S. The van der Waals surface area contributed by atoms with E-state index in [1.54, 1.807) is 18.9 Å². The van der Waals surface area contributed by atoms with Crippen molar-refractivity contribution in [1.82, 2.24) is 0 Å². The van der Waals surface area contributed by atoms with Crippen molar-refractivity contribution < 1.29 is 19.0 Å². The van der Waals surface area contributed by atoms with Crippen molar-refractivity contribution in [1.29, 1.82) is 0 Å². The molecule has 0 aromatic carbocycles. The molecule has 82 valence electrons. The van der Waals surface area contributed by atoms with Gasteiger partial charge in [0, 0.05) is 12.9 Å². The van der Waals surface area contributed by atoms with Crippen LogP contribution in [0.1, 0.15) is 6.42 Å². The Kier molecular flexibility index (Phi) is 5.29. The summed E-state index contributed by atoms with van der Waals surface area (Å²) >= 11 is 1.76. The van der Waals surface area contributed by atoms with Gasteiger partial charge in [0.15, 0.2) is 0 Å². The topological polar surface area (TPSA) is 44.8 Å². The highest BCUT2D eigenvalue weighted by Crippen LogP contribution is 2.26. The minimum atomic E-state index is -0.182. The molecule has 0 aromatic rings. The lowest BCUT2D eigenvalue weighted by molar-refractivity contribution is -0.155. The summed E-state index contributed by atoms with van der Waals surface area (Å²) in [7, 11) is 2.99. The molecule has 1 aliphatic heterocycles. The summed E-state index contributed by atoms with van der Waals surface area (Å²) < 4.78 is 15.0. The van der Waals surface area contributed by atoms with E-state index < -0.39 is 0 Å². The molecule has 1 fully saturated rings. The molecular weight excluding hydrogens is 204 g/mol. The van der Waals surface area contributed by atoms with Gasteiger partial charge in [-0.1, -0.05) is 0 Å². The van der Waals surface area contributed by atoms with Crippen molar-refractivity contribution in [3.05, 3.63) is 0 Å². The van der Waals surface area contributed by atoms with Crippen molar-refractivity contribution in [2.45, 2.75) is 12.5 Å². The lowest BCUT2D eigenvalue weighted by Gasteiger charge is -2.28. The van der Waals surface area contributed by atoms with Gasteiger partial charge in [0.2, 0.25) is 0 Å². The van der Waals surface area contributed by atoms with E-state index in [9.17, 15) is 4.79 Å². The van der Waals surface area contributed by atoms with E-state index in [0.29, 0.717) is 0 Å². The molecule has 1 rings (SSSR count). The standard InChI is InChI=1S/C9H16O4S/c1-11-6-13-8-3-4-14-5-7(8)9(10)12-2/h7-8H,3-6H2,1-2H3/t7-,8+/m0/s1. The molecule has 5 heteroatoms. The first-order valence-electron chi connectivity index (χ1n) is 4.55. The Bertz CT molecular complexity index is 186. The largest absolute Gasteiger partial charge is 0.469 e. The molecule has 0 spiro atoms. The van der Waals surface area contributed by atoms with Crippen molar-refractivity contribution in [2.75, 3.05) is 32.5 Å². The van der Waals surface area contributed by atoms with Gasteiger partial charge in [-0.15, -0.1) is 0 Å². The highest BCUT2D eigenvalue weighted by molar-refractivity contribution is 7.99. The maximum atomic E-state index is 11.4. The van der Waals surface area contributed by atoms with Crippen LogP contribution in [-0.2, 0) is 19.0 Å². The highest BCUT2D eigenvalue weighted by Gasteiger charge is 2.32. The van der Waals surface area contributed by atoms with Crippen LogP contribution in [0.4, 0.5) is 0 Å². The summed E-state index contributed by atoms with van der Waals surface area (Å²) in [5.41, 5.74) is 0. The Labute approximate surface area is 88.3 Å². The van der Waals surface area contributed by atoms with Gasteiger partial charge in [-0.05, 0) is 12.2 Å². The van der Waals surface area contributed by atoms with Gasteiger partial charge < -0.3 is 14.2 Å². The van der Waals surface area contributed by atoms with Gasteiger partial charge in [0.25, 0.3) is 0 Å². The third-order valence-electron chi connectivity index (χ3n) is 2.20. The molecule has 0 bridgehead atoms. The SMILES string of the molecule is COCO[C@@H]1CCSC[C@@H]1C(=O)OC. The second kappa shape index (κ2) is 6.27. The van der Waals surface area contributed by atoms with E-state index in [-0.39, 0.29) is 24.8 Å². The first kappa shape index (κ1) is 11.8. The van der Waals surface area contributed by atoms with Gasteiger partial charge in [0.1, 0.15) is 6.79 Å². The summed E-state index contributed by atoms with van der Waals surface area (Å²) in [6.45, 7) is 0.239. The maximum Gasteiger partial charge on any atom is 0.312 e. The fraction of sp³-hybridized carbons (Fsp3) is 0.889. The summed E-state index contributed by atoms with van der Waals surface area (Å²) in [4.78, 5) is 11.4. The van der Waals surface area contributed by atoms with E-state index in [1.165, 1.54) is 7.11 Å². The number of ether oxygens (including phenoxy) is 3. The van der Waals surface area contributed by atoms with Crippen LogP contribution in [0.3, 0.4) is 0 Å². The molecule has 0 aromatic heterocycles. The zero-order valence-corrected chi connectivity index (χ0v) is 9.34. The molecule has 14 heavy (non-hydrogen) atoms. The minimum absolute atomic E-state index is 0.0522. The van der Waals surface area contributed by atoms with E-state index in [2.05, 4.69) is 0 Å². The molecule has 0 aliphatic carbocycles. The van der Waals surface area contributed by atoms with E-state index in [0.717, 1.165) is 17.9 Å². The molecule has 1 saturated heterocycles. The number of thioether (sulfide) groups is 1. The molecule has 1 heterocycles. The van der Waals surface area contributed by atoms with Crippen LogP contribution in [0.2, 0.25) is 0 Å². The van der Waals surface area contributed by atoms with Gasteiger partial charge in [-0.2, -0.15) is 11.8 Å². The highest BCUT2D eigenvalue weighted by atomic mass is 32.2. The van der Waals surface area contributed by atoms with E-state index >= 15 is 0 Å². The molecule has 1 aliphatic rings. The number of carbonyl (C=O) groups excluding carboxylic acids is 1. The van der Waals surface area contributed by atoms with Crippen molar-refractivity contribution in [3.63, 3.8) is 0 Å². The number of methoxy groups -OCH3 is 2. The Balaban J connectivity index is 2.45. The van der Waals surface area contributed by atoms with E-state index in [1.807, 2.05) is 0 Å². The first-order valence-corrected chi connectivity index (χ1v) is 5.71.